The van der Waals surface area contributed by atoms with Gasteiger partial charge in [0.05, 0.1) is 5.69 Å². The quantitative estimate of drug-likeness (QED) is 0.750. The SMILES string of the molecule is CN(c1cccc(O)c1)S(C)=O. The van der Waals surface area contributed by atoms with Crippen LogP contribution in [-0.2, 0) is 11.0 Å². The third-order valence-corrected chi connectivity index (χ3v) is 2.56. The third kappa shape index (κ3) is 1.98. The summed E-state index contributed by atoms with van der Waals surface area (Å²) in [6.07, 6.45) is 1.59. The van der Waals surface area contributed by atoms with Crippen LogP contribution in [-0.4, -0.2) is 22.6 Å². The van der Waals surface area contributed by atoms with Crippen molar-refractivity contribution in [2.75, 3.05) is 17.6 Å². The van der Waals surface area contributed by atoms with Crippen LogP contribution >= 0.6 is 0 Å². The fraction of sp³-hybridized carbons (Fsp3) is 0.250. The zero-order valence-electron chi connectivity index (χ0n) is 7.02. The lowest BCUT2D eigenvalue weighted by Crippen LogP contribution is -2.18. The molecule has 1 N–H and O–H groups in total. The Labute approximate surface area is 74.2 Å². The van der Waals surface area contributed by atoms with Gasteiger partial charge in [-0.3, -0.25) is 4.31 Å². The fourth-order valence-corrected chi connectivity index (χ4v) is 1.25. The molecule has 0 amide bonds. The van der Waals surface area contributed by atoms with E-state index < -0.39 is 11.0 Å². The number of phenolic OH excluding ortho intramolecular Hbond substituents is 1. The number of phenols is 1. The first-order valence-electron chi connectivity index (χ1n) is 3.47. The highest BCUT2D eigenvalue weighted by atomic mass is 32.2. The number of anilines is 1. The summed E-state index contributed by atoms with van der Waals surface area (Å²) in [5.74, 6) is 0.185. The number of nitrogens with zero attached hydrogens (tertiary/aromatic N) is 1. The molecule has 1 aromatic carbocycles. The number of benzene rings is 1. The second kappa shape index (κ2) is 3.58. The Bertz CT molecular complexity index is 301. The van der Waals surface area contributed by atoms with Gasteiger partial charge in [0.15, 0.2) is 0 Å². The maximum atomic E-state index is 11.0. The summed E-state index contributed by atoms with van der Waals surface area (Å²) in [4.78, 5) is 0. The summed E-state index contributed by atoms with van der Waals surface area (Å²) in [6.45, 7) is 0. The van der Waals surface area contributed by atoms with E-state index in [2.05, 4.69) is 0 Å². The van der Waals surface area contributed by atoms with Crippen LogP contribution in [0.25, 0.3) is 0 Å². The van der Waals surface area contributed by atoms with Gasteiger partial charge >= 0.3 is 0 Å². The first kappa shape index (κ1) is 9.06. The van der Waals surface area contributed by atoms with Crippen LogP contribution in [0.2, 0.25) is 0 Å². The molecule has 0 bridgehead atoms. The van der Waals surface area contributed by atoms with Crippen molar-refractivity contribution in [3.63, 3.8) is 0 Å². The summed E-state index contributed by atoms with van der Waals surface area (Å²) in [6, 6.07) is 6.66. The van der Waals surface area contributed by atoms with Crippen LogP contribution in [0.1, 0.15) is 0 Å². The zero-order valence-corrected chi connectivity index (χ0v) is 7.84. The van der Waals surface area contributed by atoms with Gasteiger partial charge in [-0.25, -0.2) is 4.21 Å². The largest absolute Gasteiger partial charge is 0.508 e. The standard InChI is InChI=1S/C8H11NO2S/c1-9(12(2)11)7-4-3-5-8(10)6-7/h3-6,10H,1-2H3. The van der Waals surface area contributed by atoms with Crippen LogP contribution in [0.5, 0.6) is 5.75 Å². The second-order valence-corrected chi connectivity index (χ2v) is 3.84. The zero-order chi connectivity index (χ0) is 9.14. The Morgan fingerprint density at radius 3 is 2.67 bits per heavy atom. The molecule has 0 aliphatic carbocycles. The fourth-order valence-electron chi connectivity index (χ4n) is 0.837. The minimum atomic E-state index is -1.05. The number of hydrogen-bond acceptors (Lipinski definition) is 2. The minimum Gasteiger partial charge on any atom is -0.508 e. The summed E-state index contributed by atoms with van der Waals surface area (Å²) in [5, 5.41) is 9.12. The van der Waals surface area contributed by atoms with Crippen molar-refractivity contribution in [3.8, 4) is 5.75 Å². The molecule has 1 atom stereocenters. The predicted octanol–water partition coefficient (Wildman–Crippen LogP) is 1.12. The van der Waals surface area contributed by atoms with E-state index in [1.165, 1.54) is 0 Å². The predicted molar refractivity (Wildman–Crippen MR) is 50.6 cm³/mol. The first-order chi connectivity index (χ1) is 5.61. The average Bonchev–Trinajstić information content (AvgIpc) is 2.03. The van der Waals surface area contributed by atoms with Crippen molar-refractivity contribution in [2.45, 2.75) is 0 Å². The van der Waals surface area contributed by atoms with Crippen molar-refractivity contribution in [2.24, 2.45) is 0 Å². The van der Waals surface area contributed by atoms with Gasteiger partial charge in [-0.05, 0) is 12.1 Å². The minimum absolute atomic E-state index is 0.185. The van der Waals surface area contributed by atoms with E-state index in [0.717, 1.165) is 5.69 Å². The topological polar surface area (TPSA) is 40.5 Å². The number of aromatic hydroxyl groups is 1. The third-order valence-electron chi connectivity index (χ3n) is 1.58. The molecular weight excluding hydrogens is 174 g/mol. The summed E-state index contributed by atoms with van der Waals surface area (Å²) in [7, 11) is 0.666. The second-order valence-electron chi connectivity index (χ2n) is 2.44. The number of rotatable bonds is 2. The smallest absolute Gasteiger partial charge is 0.117 e. The van der Waals surface area contributed by atoms with Gasteiger partial charge < -0.3 is 5.11 Å². The average molecular weight is 185 g/mol. The first-order valence-corrected chi connectivity index (χ1v) is 4.99. The van der Waals surface area contributed by atoms with Crippen LogP contribution in [0, 0.1) is 0 Å². The highest BCUT2D eigenvalue weighted by Crippen LogP contribution is 2.19. The maximum absolute atomic E-state index is 11.0. The lowest BCUT2D eigenvalue weighted by molar-refractivity contribution is 0.475. The van der Waals surface area contributed by atoms with E-state index in [4.69, 9.17) is 5.11 Å². The number of hydrogen-bond donors (Lipinski definition) is 1. The highest BCUT2D eigenvalue weighted by molar-refractivity contribution is 7.85. The van der Waals surface area contributed by atoms with Crippen LogP contribution in [0.15, 0.2) is 24.3 Å². The summed E-state index contributed by atoms with van der Waals surface area (Å²) in [5.41, 5.74) is 0.746. The Morgan fingerprint density at radius 1 is 1.50 bits per heavy atom. The van der Waals surface area contributed by atoms with Gasteiger partial charge in [0.25, 0.3) is 0 Å². The Hall–Kier alpha value is -1.03. The van der Waals surface area contributed by atoms with Gasteiger partial charge in [0, 0.05) is 19.4 Å². The van der Waals surface area contributed by atoms with Crippen molar-refractivity contribution in [1.82, 2.24) is 0 Å². The van der Waals surface area contributed by atoms with Crippen molar-refractivity contribution >= 4 is 16.7 Å². The molecule has 1 aromatic rings. The molecule has 3 nitrogen and oxygen atoms in total. The molecule has 0 aromatic heterocycles. The molecule has 0 saturated carbocycles. The van der Waals surface area contributed by atoms with Crippen LogP contribution in [0.3, 0.4) is 0 Å². The maximum Gasteiger partial charge on any atom is 0.117 e. The van der Waals surface area contributed by atoms with Gasteiger partial charge in [0.1, 0.15) is 16.7 Å². The molecule has 0 aliphatic heterocycles. The molecule has 0 saturated heterocycles. The molecule has 1 rings (SSSR count). The van der Waals surface area contributed by atoms with E-state index in [1.807, 2.05) is 0 Å². The molecule has 66 valence electrons. The van der Waals surface area contributed by atoms with E-state index in [1.54, 1.807) is 41.9 Å². The van der Waals surface area contributed by atoms with E-state index in [-0.39, 0.29) is 5.75 Å². The normalized spacial score (nSPS) is 12.5. The highest BCUT2D eigenvalue weighted by Gasteiger charge is 2.03. The lowest BCUT2D eigenvalue weighted by Gasteiger charge is -2.14. The van der Waals surface area contributed by atoms with Crippen LogP contribution < -0.4 is 4.31 Å². The lowest BCUT2D eigenvalue weighted by atomic mass is 10.3. The molecule has 0 radical (unpaired) electrons. The summed E-state index contributed by atoms with van der Waals surface area (Å²) < 4.78 is 12.6. The Balaban J connectivity index is 2.95. The molecule has 4 heteroatoms. The van der Waals surface area contributed by atoms with Gasteiger partial charge in [-0.2, -0.15) is 0 Å². The molecule has 0 heterocycles. The van der Waals surface area contributed by atoms with Gasteiger partial charge in [-0.1, -0.05) is 6.07 Å². The molecule has 1 unspecified atom stereocenters. The van der Waals surface area contributed by atoms with E-state index in [0.29, 0.717) is 0 Å². The molecule has 0 spiro atoms. The molecule has 0 fully saturated rings. The van der Waals surface area contributed by atoms with Crippen molar-refractivity contribution < 1.29 is 9.32 Å². The Morgan fingerprint density at radius 2 is 2.17 bits per heavy atom. The molecule has 12 heavy (non-hydrogen) atoms. The Kier molecular flexibility index (Phi) is 2.70. The molecule has 0 aliphatic rings. The summed E-state index contributed by atoms with van der Waals surface area (Å²) >= 11 is 0. The van der Waals surface area contributed by atoms with Crippen LogP contribution in [0.4, 0.5) is 5.69 Å². The van der Waals surface area contributed by atoms with E-state index in [9.17, 15) is 4.21 Å². The van der Waals surface area contributed by atoms with E-state index >= 15 is 0 Å². The van der Waals surface area contributed by atoms with Crippen molar-refractivity contribution in [1.29, 1.82) is 0 Å². The van der Waals surface area contributed by atoms with Gasteiger partial charge in [-0.15, -0.1) is 0 Å². The molecular formula is C8H11NO2S. The monoisotopic (exact) mass is 185 g/mol. The van der Waals surface area contributed by atoms with Gasteiger partial charge in [0.2, 0.25) is 0 Å². The van der Waals surface area contributed by atoms with Crippen molar-refractivity contribution in [3.05, 3.63) is 24.3 Å².